The number of carboxylic acids is 1. The van der Waals surface area contributed by atoms with E-state index >= 15 is 0 Å². The van der Waals surface area contributed by atoms with E-state index in [1.165, 1.54) is 0 Å². The summed E-state index contributed by atoms with van der Waals surface area (Å²) in [5.41, 5.74) is 0. The zero-order valence-electron chi connectivity index (χ0n) is 9.45. The minimum atomic E-state index is -0.851. The number of hydrogen-bond acceptors (Lipinski definition) is 2. The first-order chi connectivity index (χ1) is 7.57. The molecule has 0 aliphatic heterocycles. The highest BCUT2D eigenvalue weighted by molar-refractivity contribution is 5.74. The van der Waals surface area contributed by atoms with Gasteiger partial charge in [-0.15, -0.1) is 12.3 Å². The molecule has 0 aromatic carbocycles. The molecule has 0 heterocycles. The van der Waals surface area contributed by atoms with Crippen LogP contribution in [0.2, 0.25) is 0 Å². The number of carbonyl (C=O) groups excluding carboxylic acids is 1. The second-order valence-electron chi connectivity index (χ2n) is 3.52. The van der Waals surface area contributed by atoms with Gasteiger partial charge in [0.15, 0.2) is 0 Å². The third-order valence-corrected chi connectivity index (χ3v) is 2.07. The summed E-state index contributed by atoms with van der Waals surface area (Å²) in [6.45, 7) is 2.49. The molecule has 0 aliphatic rings. The maximum absolute atomic E-state index is 11.1. The van der Waals surface area contributed by atoms with E-state index in [4.69, 9.17) is 11.5 Å². The molecule has 16 heavy (non-hydrogen) atoms. The Balaban J connectivity index is 3.44. The van der Waals surface area contributed by atoms with Crippen molar-refractivity contribution in [3.05, 3.63) is 0 Å². The lowest BCUT2D eigenvalue weighted by atomic mass is 10.1. The fourth-order valence-corrected chi connectivity index (χ4v) is 0.981. The quantitative estimate of drug-likeness (QED) is 0.444. The molecular weight excluding hydrogens is 208 g/mol. The zero-order chi connectivity index (χ0) is 12.4. The molecule has 90 valence electrons. The number of aliphatic carboxylic acids is 1. The second-order valence-corrected chi connectivity index (χ2v) is 3.52. The molecule has 0 saturated carbocycles. The fourth-order valence-electron chi connectivity index (χ4n) is 0.981. The van der Waals surface area contributed by atoms with Gasteiger partial charge in [-0.25, -0.2) is 4.79 Å². The lowest BCUT2D eigenvalue weighted by Crippen LogP contribution is -2.37. The van der Waals surface area contributed by atoms with Crippen LogP contribution < -0.4 is 10.6 Å². The number of unbranched alkanes of at least 4 members (excludes halogenated alkanes) is 1. The van der Waals surface area contributed by atoms with Gasteiger partial charge in [0, 0.05) is 19.5 Å². The van der Waals surface area contributed by atoms with Crippen LogP contribution in [0.1, 0.15) is 26.2 Å². The van der Waals surface area contributed by atoms with Crippen molar-refractivity contribution in [1.82, 2.24) is 10.6 Å². The van der Waals surface area contributed by atoms with Crippen LogP contribution in [-0.2, 0) is 4.79 Å². The van der Waals surface area contributed by atoms with E-state index in [9.17, 15) is 9.59 Å². The lowest BCUT2D eigenvalue weighted by Gasteiger charge is -2.08. The van der Waals surface area contributed by atoms with Crippen molar-refractivity contribution in [2.24, 2.45) is 5.92 Å². The first-order valence-corrected chi connectivity index (χ1v) is 5.26. The Morgan fingerprint density at radius 3 is 2.56 bits per heavy atom. The molecule has 1 unspecified atom stereocenters. The molecule has 0 spiro atoms. The van der Waals surface area contributed by atoms with E-state index in [-0.39, 0.29) is 6.03 Å². The lowest BCUT2D eigenvalue weighted by molar-refractivity contribution is -0.141. The smallest absolute Gasteiger partial charge is 0.314 e. The second kappa shape index (κ2) is 8.60. The summed E-state index contributed by atoms with van der Waals surface area (Å²) >= 11 is 0. The van der Waals surface area contributed by atoms with Gasteiger partial charge in [0.05, 0.1) is 5.92 Å². The van der Waals surface area contributed by atoms with Crippen LogP contribution in [-0.4, -0.2) is 30.2 Å². The molecule has 0 saturated heterocycles. The van der Waals surface area contributed by atoms with Crippen LogP contribution in [0.15, 0.2) is 0 Å². The van der Waals surface area contributed by atoms with Crippen LogP contribution in [0.4, 0.5) is 4.79 Å². The van der Waals surface area contributed by atoms with Crippen molar-refractivity contribution >= 4 is 12.0 Å². The SMILES string of the molecule is C#CCCCNC(=O)NCCC(C)C(=O)O. The summed E-state index contributed by atoms with van der Waals surface area (Å²) in [7, 11) is 0. The molecule has 0 radical (unpaired) electrons. The topological polar surface area (TPSA) is 78.4 Å². The summed E-state index contributed by atoms with van der Waals surface area (Å²) in [6.07, 6.45) is 6.86. The van der Waals surface area contributed by atoms with Crippen LogP contribution in [0.25, 0.3) is 0 Å². The van der Waals surface area contributed by atoms with Gasteiger partial charge < -0.3 is 15.7 Å². The zero-order valence-corrected chi connectivity index (χ0v) is 9.45. The van der Waals surface area contributed by atoms with Gasteiger partial charge in [-0.3, -0.25) is 4.79 Å². The number of terminal acetylenes is 1. The molecular formula is C11H18N2O3. The molecule has 1 atom stereocenters. The molecule has 0 aromatic rings. The summed E-state index contributed by atoms with van der Waals surface area (Å²) in [4.78, 5) is 21.6. The van der Waals surface area contributed by atoms with Gasteiger partial charge in [0.2, 0.25) is 0 Å². The maximum atomic E-state index is 11.1. The number of urea groups is 1. The number of carbonyl (C=O) groups is 2. The first kappa shape index (κ1) is 14.3. The van der Waals surface area contributed by atoms with Crippen LogP contribution in [0, 0.1) is 18.3 Å². The monoisotopic (exact) mass is 226 g/mol. The van der Waals surface area contributed by atoms with E-state index in [0.717, 1.165) is 6.42 Å². The number of rotatable bonds is 7. The van der Waals surface area contributed by atoms with Gasteiger partial charge in [0.25, 0.3) is 0 Å². The predicted molar refractivity (Wildman–Crippen MR) is 60.9 cm³/mol. The molecule has 0 aliphatic carbocycles. The average Bonchev–Trinajstić information content (AvgIpc) is 2.24. The van der Waals surface area contributed by atoms with Gasteiger partial charge >= 0.3 is 12.0 Å². The highest BCUT2D eigenvalue weighted by atomic mass is 16.4. The highest BCUT2D eigenvalue weighted by Crippen LogP contribution is 1.99. The summed E-state index contributed by atoms with van der Waals surface area (Å²) in [5.74, 6) is 1.18. The van der Waals surface area contributed by atoms with Gasteiger partial charge in [-0.1, -0.05) is 6.92 Å². The van der Waals surface area contributed by atoms with Crippen molar-refractivity contribution in [1.29, 1.82) is 0 Å². The third kappa shape index (κ3) is 7.68. The highest BCUT2D eigenvalue weighted by Gasteiger charge is 2.10. The Hall–Kier alpha value is -1.70. The molecule has 5 heteroatoms. The van der Waals surface area contributed by atoms with Crippen molar-refractivity contribution in [2.45, 2.75) is 26.2 Å². The summed E-state index contributed by atoms with van der Waals surface area (Å²) in [5, 5.41) is 13.8. The molecule has 2 amide bonds. The van der Waals surface area contributed by atoms with Crippen molar-refractivity contribution in [3.8, 4) is 12.3 Å². The molecule has 5 nitrogen and oxygen atoms in total. The summed E-state index contributed by atoms with van der Waals surface area (Å²) in [6, 6.07) is -0.283. The molecule has 0 fully saturated rings. The number of amides is 2. The standard InChI is InChI=1S/C11H18N2O3/c1-3-4-5-7-12-11(16)13-8-6-9(2)10(14)15/h1,9H,4-8H2,2H3,(H,14,15)(H2,12,13,16). The average molecular weight is 226 g/mol. The van der Waals surface area contributed by atoms with Crippen molar-refractivity contribution < 1.29 is 14.7 Å². The van der Waals surface area contributed by atoms with E-state index in [2.05, 4.69) is 16.6 Å². The normalized spacial score (nSPS) is 11.2. The first-order valence-electron chi connectivity index (χ1n) is 5.26. The molecule has 0 aromatic heterocycles. The van der Waals surface area contributed by atoms with Gasteiger partial charge in [0.1, 0.15) is 0 Å². The predicted octanol–water partition coefficient (Wildman–Crippen LogP) is 0.810. The van der Waals surface area contributed by atoms with E-state index in [0.29, 0.717) is 25.9 Å². The van der Waals surface area contributed by atoms with Crippen molar-refractivity contribution in [2.75, 3.05) is 13.1 Å². The Kier molecular flexibility index (Phi) is 7.68. The van der Waals surface area contributed by atoms with Crippen molar-refractivity contribution in [3.63, 3.8) is 0 Å². The third-order valence-electron chi connectivity index (χ3n) is 2.07. The van der Waals surface area contributed by atoms with Gasteiger partial charge in [-0.05, 0) is 12.8 Å². The van der Waals surface area contributed by atoms with E-state index < -0.39 is 11.9 Å². The minimum absolute atomic E-state index is 0.283. The van der Waals surface area contributed by atoms with Gasteiger partial charge in [-0.2, -0.15) is 0 Å². The Morgan fingerprint density at radius 2 is 2.00 bits per heavy atom. The Labute approximate surface area is 95.6 Å². The molecule has 3 N–H and O–H groups in total. The van der Waals surface area contributed by atoms with Crippen LogP contribution >= 0.6 is 0 Å². The van der Waals surface area contributed by atoms with E-state index in [1.54, 1.807) is 6.92 Å². The Morgan fingerprint density at radius 1 is 1.38 bits per heavy atom. The van der Waals surface area contributed by atoms with E-state index in [1.807, 2.05) is 0 Å². The minimum Gasteiger partial charge on any atom is -0.481 e. The Bertz CT molecular complexity index is 271. The fraction of sp³-hybridized carbons (Fsp3) is 0.636. The molecule has 0 bridgehead atoms. The maximum Gasteiger partial charge on any atom is 0.314 e. The number of carboxylic acid groups (broad SMARTS) is 1. The van der Waals surface area contributed by atoms with Crippen LogP contribution in [0.3, 0.4) is 0 Å². The number of hydrogen-bond donors (Lipinski definition) is 3. The summed E-state index contributed by atoms with van der Waals surface area (Å²) < 4.78 is 0. The van der Waals surface area contributed by atoms with Crippen LogP contribution in [0.5, 0.6) is 0 Å². The number of nitrogens with one attached hydrogen (secondary N) is 2. The molecule has 0 rings (SSSR count). The largest absolute Gasteiger partial charge is 0.481 e.